The Morgan fingerprint density at radius 2 is 1.71 bits per heavy atom. The molecule has 0 saturated carbocycles. The van der Waals surface area contributed by atoms with Gasteiger partial charge in [-0.05, 0) is 66.3 Å². The van der Waals surface area contributed by atoms with Gasteiger partial charge in [-0.3, -0.25) is 19.8 Å². The molecule has 0 atom stereocenters. The molecule has 1 fully saturated rings. The molecule has 144 valence electrons. The van der Waals surface area contributed by atoms with Crippen molar-refractivity contribution in [2.45, 2.75) is 6.18 Å². The maximum atomic E-state index is 13.6. The number of nitrogens with one attached hydrogen (secondary N) is 1. The van der Waals surface area contributed by atoms with Crippen LogP contribution in [-0.2, 0) is 15.8 Å². The summed E-state index contributed by atoms with van der Waals surface area (Å²) >= 11 is 10.8. The Bertz CT molecular complexity index is 1020. The third-order valence-electron chi connectivity index (χ3n) is 3.74. The van der Waals surface area contributed by atoms with Gasteiger partial charge in [0.15, 0.2) is 5.11 Å². The topological polar surface area (TPSA) is 49.4 Å². The summed E-state index contributed by atoms with van der Waals surface area (Å²) in [6, 6.07) is 7.68. The average molecular weight is 429 g/mol. The van der Waals surface area contributed by atoms with Crippen LogP contribution in [-0.4, -0.2) is 16.9 Å². The number of nitrogens with zero attached hydrogens (tertiary/aromatic N) is 1. The molecular weight excluding hydrogens is 420 g/mol. The molecule has 0 aromatic heterocycles. The van der Waals surface area contributed by atoms with E-state index in [0.29, 0.717) is 22.8 Å². The molecule has 2 aromatic rings. The number of amides is 2. The summed E-state index contributed by atoms with van der Waals surface area (Å²) in [6.45, 7) is 0. The zero-order valence-corrected chi connectivity index (χ0v) is 15.3. The second-order valence-corrected chi connectivity index (χ2v) is 6.53. The molecule has 2 aromatic carbocycles. The first-order chi connectivity index (χ1) is 13.1. The van der Waals surface area contributed by atoms with Crippen LogP contribution in [0.15, 0.2) is 48.0 Å². The number of hydrogen-bond acceptors (Lipinski definition) is 3. The van der Waals surface area contributed by atoms with E-state index in [1.807, 2.05) is 0 Å². The fraction of sp³-hybridized carbons (Fsp3) is 0.0556. The van der Waals surface area contributed by atoms with Gasteiger partial charge in [-0.2, -0.15) is 13.2 Å². The molecular formula is C18H9ClF4N2O2S. The lowest BCUT2D eigenvalue weighted by molar-refractivity contribution is -0.137. The van der Waals surface area contributed by atoms with E-state index >= 15 is 0 Å². The SMILES string of the molecule is O=C1NC(=S)N(c2ccc(Cl)cc2)C(=O)/C1=C/c1cc(F)cc(C(F)(F)F)c1. The molecule has 4 nitrogen and oxygen atoms in total. The number of alkyl halides is 3. The highest BCUT2D eigenvalue weighted by Crippen LogP contribution is 2.31. The van der Waals surface area contributed by atoms with Crippen LogP contribution in [0.1, 0.15) is 11.1 Å². The van der Waals surface area contributed by atoms with Crippen LogP contribution >= 0.6 is 23.8 Å². The summed E-state index contributed by atoms with van der Waals surface area (Å²) in [7, 11) is 0. The van der Waals surface area contributed by atoms with E-state index in [4.69, 9.17) is 23.8 Å². The summed E-state index contributed by atoms with van der Waals surface area (Å²) in [6.07, 6.45) is -3.91. The quantitative estimate of drug-likeness (QED) is 0.335. The van der Waals surface area contributed by atoms with Crippen molar-refractivity contribution in [3.63, 3.8) is 0 Å². The first kappa shape index (κ1) is 20.0. The molecule has 1 N–H and O–H groups in total. The van der Waals surface area contributed by atoms with Crippen LogP contribution in [0.5, 0.6) is 0 Å². The fourth-order valence-electron chi connectivity index (χ4n) is 2.51. The lowest BCUT2D eigenvalue weighted by Crippen LogP contribution is -2.54. The van der Waals surface area contributed by atoms with E-state index < -0.39 is 34.9 Å². The molecule has 0 radical (unpaired) electrons. The Morgan fingerprint density at radius 3 is 2.32 bits per heavy atom. The Balaban J connectivity index is 2.04. The van der Waals surface area contributed by atoms with Crippen LogP contribution in [0.3, 0.4) is 0 Å². The van der Waals surface area contributed by atoms with E-state index in [1.54, 1.807) is 0 Å². The molecule has 2 amide bonds. The van der Waals surface area contributed by atoms with Gasteiger partial charge in [0, 0.05) is 5.02 Å². The number of carbonyl (C=O) groups excluding carboxylic acids is 2. The predicted molar refractivity (Wildman–Crippen MR) is 99.1 cm³/mol. The molecule has 28 heavy (non-hydrogen) atoms. The van der Waals surface area contributed by atoms with E-state index in [-0.39, 0.29) is 10.7 Å². The Kier molecular flexibility index (Phi) is 5.22. The zero-order valence-electron chi connectivity index (χ0n) is 13.7. The number of benzene rings is 2. The maximum Gasteiger partial charge on any atom is 0.416 e. The van der Waals surface area contributed by atoms with Crippen molar-refractivity contribution in [3.05, 3.63) is 70.0 Å². The number of rotatable bonds is 2. The van der Waals surface area contributed by atoms with Gasteiger partial charge < -0.3 is 0 Å². The number of carbonyl (C=O) groups is 2. The summed E-state index contributed by atoms with van der Waals surface area (Å²) in [5.74, 6) is -2.93. The highest BCUT2D eigenvalue weighted by atomic mass is 35.5. The van der Waals surface area contributed by atoms with Crippen LogP contribution in [0.4, 0.5) is 23.2 Å². The largest absolute Gasteiger partial charge is 0.416 e. The molecule has 1 heterocycles. The fourth-order valence-corrected chi connectivity index (χ4v) is 2.92. The number of thiocarbonyl (C=S) groups is 1. The Morgan fingerprint density at radius 1 is 1.07 bits per heavy atom. The molecule has 3 rings (SSSR count). The third-order valence-corrected chi connectivity index (χ3v) is 4.28. The smallest absolute Gasteiger partial charge is 0.298 e. The summed E-state index contributed by atoms with van der Waals surface area (Å²) < 4.78 is 52.2. The van der Waals surface area contributed by atoms with Gasteiger partial charge in [-0.25, -0.2) is 4.39 Å². The maximum absolute atomic E-state index is 13.6. The lowest BCUT2D eigenvalue weighted by atomic mass is 10.0. The highest BCUT2D eigenvalue weighted by molar-refractivity contribution is 7.80. The molecule has 1 saturated heterocycles. The number of hydrogen-bond donors (Lipinski definition) is 1. The molecule has 1 aliphatic heterocycles. The van der Waals surface area contributed by atoms with E-state index in [1.165, 1.54) is 24.3 Å². The highest BCUT2D eigenvalue weighted by Gasteiger charge is 2.35. The minimum absolute atomic E-state index is 0.204. The minimum Gasteiger partial charge on any atom is -0.298 e. The van der Waals surface area contributed by atoms with Crippen LogP contribution in [0.25, 0.3) is 6.08 Å². The van der Waals surface area contributed by atoms with Gasteiger partial charge in [0.1, 0.15) is 11.4 Å². The monoisotopic (exact) mass is 428 g/mol. The predicted octanol–water partition coefficient (Wildman–Crippen LogP) is 4.33. The Hall–Kier alpha value is -2.78. The van der Waals surface area contributed by atoms with Crippen molar-refractivity contribution in [1.82, 2.24) is 5.32 Å². The van der Waals surface area contributed by atoms with Crippen molar-refractivity contribution >= 4 is 52.5 Å². The summed E-state index contributed by atoms with van der Waals surface area (Å²) in [4.78, 5) is 25.9. The first-order valence-corrected chi connectivity index (χ1v) is 8.40. The van der Waals surface area contributed by atoms with Crippen molar-refractivity contribution in [3.8, 4) is 0 Å². The average Bonchev–Trinajstić information content (AvgIpc) is 2.59. The van der Waals surface area contributed by atoms with Crippen LogP contribution in [0, 0.1) is 5.82 Å². The molecule has 0 unspecified atom stereocenters. The van der Waals surface area contributed by atoms with Gasteiger partial charge in [0.2, 0.25) is 0 Å². The second kappa shape index (κ2) is 7.33. The number of anilines is 1. The minimum atomic E-state index is -4.79. The lowest BCUT2D eigenvalue weighted by Gasteiger charge is -2.29. The number of halogens is 5. The zero-order chi connectivity index (χ0) is 20.6. The summed E-state index contributed by atoms with van der Waals surface area (Å²) in [5.41, 5.74) is -1.74. The third kappa shape index (κ3) is 4.05. The standard InChI is InChI=1S/C18H9ClF4N2O2S/c19-11-1-3-13(4-2-11)25-16(27)14(15(26)24-17(25)28)7-9-5-10(18(21,22)23)8-12(20)6-9/h1-8H,(H,24,26,28)/b14-7+. The molecule has 10 heteroatoms. The molecule has 0 bridgehead atoms. The van der Waals surface area contributed by atoms with Crippen molar-refractivity contribution in [2.24, 2.45) is 0 Å². The van der Waals surface area contributed by atoms with E-state index in [2.05, 4.69) is 5.32 Å². The van der Waals surface area contributed by atoms with Gasteiger partial charge in [-0.1, -0.05) is 11.6 Å². The van der Waals surface area contributed by atoms with Crippen molar-refractivity contribution in [2.75, 3.05) is 4.90 Å². The second-order valence-electron chi connectivity index (χ2n) is 5.71. The van der Waals surface area contributed by atoms with Crippen molar-refractivity contribution < 1.29 is 27.2 Å². The van der Waals surface area contributed by atoms with E-state index in [0.717, 1.165) is 17.0 Å². The van der Waals surface area contributed by atoms with E-state index in [9.17, 15) is 27.2 Å². The molecule has 1 aliphatic rings. The van der Waals surface area contributed by atoms with Crippen LogP contribution < -0.4 is 10.2 Å². The van der Waals surface area contributed by atoms with Gasteiger partial charge >= 0.3 is 6.18 Å². The molecule has 0 spiro atoms. The molecule has 0 aliphatic carbocycles. The van der Waals surface area contributed by atoms with Gasteiger partial charge in [0.05, 0.1) is 11.3 Å². The van der Waals surface area contributed by atoms with Crippen molar-refractivity contribution in [1.29, 1.82) is 0 Å². The first-order valence-electron chi connectivity index (χ1n) is 7.61. The normalized spacial score (nSPS) is 16.5. The Labute approximate surface area is 166 Å². The van der Waals surface area contributed by atoms with Crippen LogP contribution in [0.2, 0.25) is 5.02 Å². The van der Waals surface area contributed by atoms with Gasteiger partial charge in [-0.15, -0.1) is 0 Å². The van der Waals surface area contributed by atoms with Gasteiger partial charge in [0.25, 0.3) is 11.8 Å². The summed E-state index contributed by atoms with van der Waals surface area (Å²) in [5, 5.41) is 2.48.